The quantitative estimate of drug-likeness (QED) is 0.755. The third kappa shape index (κ3) is 8.48. The molecule has 0 aromatic heterocycles. The van der Waals surface area contributed by atoms with Crippen molar-refractivity contribution < 1.29 is 4.79 Å². The van der Waals surface area contributed by atoms with Crippen LogP contribution < -0.4 is 5.73 Å². The fourth-order valence-corrected chi connectivity index (χ4v) is 1.19. The Kier molecular flexibility index (Phi) is 18.2. The van der Waals surface area contributed by atoms with Crippen LogP contribution in [0, 0.1) is 5.92 Å². The fourth-order valence-electron chi connectivity index (χ4n) is 1.19. The van der Waals surface area contributed by atoms with Crippen LogP contribution in [0.15, 0.2) is 13.2 Å². The van der Waals surface area contributed by atoms with E-state index in [0.29, 0.717) is 6.54 Å². The number of rotatable bonds is 4. The maximum Gasteiger partial charge on any atom is 0.225 e. The predicted molar refractivity (Wildman–Crippen MR) is 73.3 cm³/mol. The van der Waals surface area contributed by atoms with Crippen molar-refractivity contribution in [2.45, 2.75) is 47.1 Å². The molecule has 0 aromatic rings. The Balaban J connectivity index is -0.000000376. The third-order valence-corrected chi connectivity index (χ3v) is 2.13. The molecule has 3 heteroatoms. The Morgan fingerprint density at radius 2 is 1.69 bits per heavy atom. The van der Waals surface area contributed by atoms with E-state index in [-0.39, 0.29) is 17.9 Å². The highest BCUT2D eigenvalue weighted by Crippen LogP contribution is 2.05. The molecular weight excluding hydrogens is 200 g/mol. The van der Waals surface area contributed by atoms with Crippen LogP contribution in [-0.2, 0) is 4.79 Å². The van der Waals surface area contributed by atoms with E-state index in [1.807, 2.05) is 41.7 Å². The Morgan fingerprint density at radius 3 is 1.88 bits per heavy atom. The lowest BCUT2D eigenvalue weighted by molar-refractivity contribution is -0.135. The van der Waals surface area contributed by atoms with Crippen LogP contribution in [-0.4, -0.2) is 30.4 Å². The van der Waals surface area contributed by atoms with Gasteiger partial charge in [0.1, 0.15) is 0 Å². The first-order valence-corrected chi connectivity index (χ1v) is 6.01. The third-order valence-electron chi connectivity index (χ3n) is 2.13. The Hall–Kier alpha value is -0.830. The summed E-state index contributed by atoms with van der Waals surface area (Å²) in [5.41, 5.74) is 5.53. The highest BCUT2D eigenvalue weighted by atomic mass is 16.2. The van der Waals surface area contributed by atoms with E-state index in [1.165, 1.54) is 0 Å². The van der Waals surface area contributed by atoms with Gasteiger partial charge in [-0.05, 0) is 6.42 Å². The zero-order valence-electron chi connectivity index (χ0n) is 11.9. The van der Waals surface area contributed by atoms with Gasteiger partial charge in [-0.3, -0.25) is 4.79 Å². The average Bonchev–Trinajstić information content (AvgIpc) is 2.34. The monoisotopic (exact) mass is 230 g/mol. The lowest BCUT2D eigenvalue weighted by atomic mass is 10.1. The summed E-state index contributed by atoms with van der Waals surface area (Å²) in [6, 6.07) is 0.194. The molecule has 1 atom stereocenters. The van der Waals surface area contributed by atoms with Crippen LogP contribution in [0.25, 0.3) is 0 Å². The summed E-state index contributed by atoms with van der Waals surface area (Å²) in [4.78, 5) is 13.2. The Morgan fingerprint density at radius 1 is 1.31 bits per heavy atom. The smallest absolute Gasteiger partial charge is 0.225 e. The summed E-state index contributed by atoms with van der Waals surface area (Å²) < 4.78 is 0. The van der Waals surface area contributed by atoms with E-state index in [2.05, 4.69) is 13.2 Å². The second-order valence-corrected chi connectivity index (χ2v) is 3.40. The van der Waals surface area contributed by atoms with Crippen LogP contribution in [0.5, 0.6) is 0 Å². The molecule has 0 fully saturated rings. The van der Waals surface area contributed by atoms with Crippen molar-refractivity contribution in [3.63, 3.8) is 0 Å². The predicted octanol–water partition coefficient (Wildman–Crippen LogP) is 2.67. The molecule has 98 valence electrons. The van der Waals surface area contributed by atoms with Crippen LogP contribution in [0.4, 0.5) is 0 Å². The number of carbonyl (C=O) groups is 1. The molecular formula is C13H30N2O. The molecule has 1 unspecified atom stereocenters. The van der Waals surface area contributed by atoms with Gasteiger partial charge in [0.2, 0.25) is 5.91 Å². The SMILES string of the molecule is C=C.CC.CCC(CN)N(C)C(=O)C(C)C. The van der Waals surface area contributed by atoms with Crippen molar-refractivity contribution in [2.24, 2.45) is 11.7 Å². The molecule has 0 radical (unpaired) electrons. The first-order valence-electron chi connectivity index (χ1n) is 6.01. The van der Waals surface area contributed by atoms with E-state index >= 15 is 0 Å². The van der Waals surface area contributed by atoms with E-state index < -0.39 is 0 Å². The number of carbonyl (C=O) groups excluding carboxylic acids is 1. The lowest BCUT2D eigenvalue weighted by Crippen LogP contribution is -2.43. The summed E-state index contributed by atoms with van der Waals surface area (Å²) >= 11 is 0. The van der Waals surface area contributed by atoms with Crippen LogP contribution in [0.1, 0.15) is 41.0 Å². The highest BCUT2D eigenvalue weighted by molar-refractivity contribution is 5.78. The molecule has 3 nitrogen and oxygen atoms in total. The van der Waals surface area contributed by atoms with E-state index in [4.69, 9.17) is 5.73 Å². The zero-order valence-corrected chi connectivity index (χ0v) is 11.9. The molecule has 0 saturated heterocycles. The Bertz CT molecular complexity index is 154. The van der Waals surface area contributed by atoms with Gasteiger partial charge in [-0.2, -0.15) is 0 Å². The van der Waals surface area contributed by atoms with Crippen molar-refractivity contribution in [1.29, 1.82) is 0 Å². The summed E-state index contributed by atoms with van der Waals surface area (Å²) in [6.07, 6.45) is 0.922. The van der Waals surface area contributed by atoms with Gasteiger partial charge >= 0.3 is 0 Å². The number of amides is 1. The lowest BCUT2D eigenvalue weighted by Gasteiger charge is -2.27. The van der Waals surface area contributed by atoms with Crippen molar-refractivity contribution in [2.75, 3.05) is 13.6 Å². The molecule has 0 aliphatic rings. The number of nitrogens with zero attached hydrogens (tertiary/aromatic N) is 1. The van der Waals surface area contributed by atoms with Crippen molar-refractivity contribution in [3.05, 3.63) is 13.2 Å². The van der Waals surface area contributed by atoms with Crippen molar-refractivity contribution >= 4 is 5.91 Å². The van der Waals surface area contributed by atoms with E-state index in [0.717, 1.165) is 6.42 Å². The van der Waals surface area contributed by atoms with Gasteiger partial charge < -0.3 is 10.6 Å². The summed E-state index contributed by atoms with van der Waals surface area (Å²) in [6.45, 7) is 16.4. The number of hydrogen-bond acceptors (Lipinski definition) is 2. The van der Waals surface area contributed by atoms with Gasteiger partial charge in [0.15, 0.2) is 0 Å². The molecule has 0 aliphatic carbocycles. The van der Waals surface area contributed by atoms with Crippen LogP contribution >= 0.6 is 0 Å². The summed E-state index contributed by atoms with van der Waals surface area (Å²) in [7, 11) is 1.82. The molecule has 0 saturated carbocycles. The minimum atomic E-state index is 0.0654. The van der Waals surface area contributed by atoms with Crippen LogP contribution in [0.3, 0.4) is 0 Å². The van der Waals surface area contributed by atoms with E-state index in [9.17, 15) is 4.79 Å². The second kappa shape index (κ2) is 14.2. The number of likely N-dealkylation sites (N-methyl/N-ethyl adjacent to an activating group) is 1. The number of hydrogen-bond donors (Lipinski definition) is 1. The second-order valence-electron chi connectivity index (χ2n) is 3.40. The van der Waals surface area contributed by atoms with Gasteiger partial charge in [-0.15, -0.1) is 13.2 Å². The first-order chi connectivity index (χ1) is 7.54. The maximum absolute atomic E-state index is 11.5. The Labute approximate surface area is 102 Å². The number of nitrogens with two attached hydrogens (primary N) is 1. The molecule has 0 spiro atoms. The van der Waals surface area contributed by atoms with E-state index in [1.54, 1.807) is 4.90 Å². The largest absolute Gasteiger partial charge is 0.341 e. The summed E-state index contributed by atoms with van der Waals surface area (Å²) in [5.74, 6) is 0.239. The molecule has 0 bridgehead atoms. The topological polar surface area (TPSA) is 46.3 Å². The van der Waals surface area contributed by atoms with Gasteiger partial charge in [0, 0.05) is 25.6 Å². The van der Waals surface area contributed by atoms with Crippen molar-refractivity contribution in [3.8, 4) is 0 Å². The minimum absolute atomic E-state index is 0.0654. The average molecular weight is 230 g/mol. The summed E-state index contributed by atoms with van der Waals surface area (Å²) in [5, 5.41) is 0. The minimum Gasteiger partial charge on any atom is -0.341 e. The molecule has 0 aliphatic heterocycles. The molecule has 1 amide bonds. The highest BCUT2D eigenvalue weighted by Gasteiger charge is 2.18. The van der Waals surface area contributed by atoms with Crippen molar-refractivity contribution in [1.82, 2.24) is 4.90 Å². The molecule has 0 heterocycles. The molecule has 2 N–H and O–H groups in total. The zero-order chi connectivity index (χ0) is 13.7. The van der Waals surface area contributed by atoms with Gasteiger partial charge in [-0.25, -0.2) is 0 Å². The van der Waals surface area contributed by atoms with Gasteiger partial charge in [0.25, 0.3) is 0 Å². The normalized spacial score (nSPS) is 10.5. The van der Waals surface area contributed by atoms with Gasteiger partial charge in [-0.1, -0.05) is 34.6 Å². The fraction of sp³-hybridized carbons (Fsp3) is 0.769. The molecule has 0 rings (SSSR count). The maximum atomic E-state index is 11.5. The first kappa shape index (κ1) is 20.6. The molecule has 0 aromatic carbocycles. The van der Waals surface area contributed by atoms with Crippen LogP contribution in [0.2, 0.25) is 0 Å². The van der Waals surface area contributed by atoms with Gasteiger partial charge in [0.05, 0.1) is 0 Å². The standard InChI is InChI=1S/C9H20N2O.C2H6.C2H4/c1-5-8(6-10)11(4)9(12)7(2)3;2*1-2/h7-8H,5-6,10H2,1-4H3;1-2H3;1-2H2. The molecule has 16 heavy (non-hydrogen) atoms.